The fourth-order valence-electron chi connectivity index (χ4n) is 2.18. The topological polar surface area (TPSA) is 38.9 Å². The van der Waals surface area contributed by atoms with Gasteiger partial charge in [0.2, 0.25) is 0 Å². The van der Waals surface area contributed by atoms with E-state index in [9.17, 15) is 0 Å². The lowest BCUT2D eigenvalue weighted by atomic mass is 9.65. The largest absolute Gasteiger partial charge is 0.321 e. The summed E-state index contributed by atoms with van der Waals surface area (Å²) in [5, 5.41) is 0. The molecule has 1 heterocycles. The van der Waals surface area contributed by atoms with Crippen molar-refractivity contribution in [1.82, 2.24) is 4.98 Å². The van der Waals surface area contributed by atoms with Gasteiger partial charge in [-0.05, 0) is 36.5 Å². The number of hydrogen-bond acceptors (Lipinski definition) is 2. The first-order chi connectivity index (χ1) is 6.24. The molecular weight excluding hydrogens is 160 g/mol. The van der Waals surface area contributed by atoms with Crippen molar-refractivity contribution in [1.29, 1.82) is 0 Å². The van der Waals surface area contributed by atoms with Gasteiger partial charge < -0.3 is 5.73 Å². The fourth-order valence-corrected chi connectivity index (χ4v) is 2.18. The number of nitrogens with two attached hydrogens (primary N) is 1. The average molecular weight is 176 g/mol. The molecule has 13 heavy (non-hydrogen) atoms. The van der Waals surface area contributed by atoms with Crippen molar-refractivity contribution >= 4 is 0 Å². The molecule has 1 aliphatic rings. The van der Waals surface area contributed by atoms with E-state index in [0.717, 1.165) is 18.8 Å². The molecule has 0 unspecified atom stereocenters. The zero-order chi connectivity index (χ0) is 9.31. The Labute approximate surface area is 79.2 Å². The zero-order valence-corrected chi connectivity index (χ0v) is 8.03. The minimum Gasteiger partial charge on any atom is -0.321 e. The van der Waals surface area contributed by atoms with E-state index in [1.807, 2.05) is 24.5 Å². The van der Waals surface area contributed by atoms with E-state index >= 15 is 0 Å². The third kappa shape index (κ3) is 1.46. The third-order valence-electron chi connectivity index (χ3n) is 3.14. The number of pyridine rings is 1. The van der Waals surface area contributed by atoms with Crippen LogP contribution < -0.4 is 5.73 Å². The quantitative estimate of drug-likeness (QED) is 0.749. The van der Waals surface area contributed by atoms with Crippen molar-refractivity contribution in [2.24, 2.45) is 11.7 Å². The Morgan fingerprint density at radius 1 is 1.46 bits per heavy atom. The number of nitrogens with zero attached hydrogens (tertiary/aromatic N) is 1. The van der Waals surface area contributed by atoms with E-state index in [1.54, 1.807) is 0 Å². The normalized spacial score (nSPS) is 32.6. The van der Waals surface area contributed by atoms with Crippen LogP contribution in [0.15, 0.2) is 24.5 Å². The van der Waals surface area contributed by atoms with Crippen LogP contribution in [0.1, 0.15) is 31.7 Å². The van der Waals surface area contributed by atoms with Gasteiger partial charge in [0.25, 0.3) is 0 Å². The SMILES string of the molecule is CCC1CC(N)(c2ccncc2)C1. The standard InChI is InChI=1S/C11H16N2/c1-2-9-7-11(12,8-9)10-3-5-13-6-4-10/h3-6,9H,2,7-8,12H2,1H3. The van der Waals surface area contributed by atoms with Gasteiger partial charge in [-0.1, -0.05) is 13.3 Å². The lowest BCUT2D eigenvalue weighted by Crippen LogP contribution is -2.48. The van der Waals surface area contributed by atoms with E-state index in [-0.39, 0.29) is 5.54 Å². The highest BCUT2D eigenvalue weighted by Gasteiger charge is 2.40. The van der Waals surface area contributed by atoms with Crippen molar-refractivity contribution in [2.75, 3.05) is 0 Å². The maximum atomic E-state index is 6.26. The summed E-state index contributed by atoms with van der Waals surface area (Å²) in [6.45, 7) is 2.23. The Bertz CT molecular complexity index is 275. The van der Waals surface area contributed by atoms with Crippen LogP contribution in [0.5, 0.6) is 0 Å². The maximum absolute atomic E-state index is 6.26. The van der Waals surface area contributed by atoms with Crippen molar-refractivity contribution in [3.05, 3.63) is 30.1 Å². The van der Waals surface area contributed by atoms with E-state index in [2.05, 4.69) is 11.9 Å². The van der Waals surface area contributed by atoms with Gasteiger partial charge in [-0.15, -0.1) is 0 Å². The van der Waals surface area contributed by atoms with Crippen LogP contribution in [-0.2, 0) is 5.54 Å². The van der Waals surface area contributed by atoms with E-state index in [1.165, 1.54) is 12.0 Å². The molecule has 0 aliphatic heterocycles. The van der Waals surface area contributed by atoms with Gasteiger partial charge in [-0.25, -0.2) is 0 Å². The Hall–Kier alpha value is -0.890. The van der Waals surface area contributed by atoms with Crippen LogP contribution in [0.2, 0.25) is 0 Å². The minimum absolute atomic E-state index is 0.0520. The highest BCUT2D eigenvalue weighted by Crippen LogP contribution is 2.44. The molecule has 1 fully saturated rings. The summed E-state index contributed by atoms with van der Waals surface area (Å²) >= 11 is 0. The molecule has 0 bridgehead atoms. The number of rotatable bonds is 2. The number of hydrogen-bond donors (Lipinski definition) is 1. The first-order valence-corrected chi connectivity index (χ1v) is 4.94. The zero-order valence-electron chi connectivity index (χ0n) is 8.03. The summed E-state index contributed by atoms with van der Waals surface area (Å²) in [6.07, 6.45) is 7.16. The summed E-state index contributed by atoms with van der Waals surface area (Å²) < 4.78 is 0. The molecule has 1 saturated carbocycles. The summed E-state index contributed by atoms with van der Waals surface area (Å²) in [4.78, 5) is 4.00. The predicted molar refractivity (Wildman–Crippen MR) is 53.1 cm³/mol. The minimum atomic E-state index is -0.0520. The van der Waals surface area contributed by atoms with Gasteiger partial charge in [0.1, 0.15) is 0 Å². The smallest absolute Gasteiger partial charge is 0.0416 e. The molecule has 0 atom stereocenters. The van der Waals surface area contributed by atoms with E-state index in [4.69, 9.17) is 5.73 Å². The highest BCUT2D eigenvalue weighted by atomic mass is 14.8. The lowest BCUT2D eigenvalue weighted by molar-refractivity contribution is 0.143. The second-order valence-electron chi connectivity index (χ2n) is 4.07. The van der Waals surface area contributed by atoms with Crippen molar-refractivity contribution in [3.8, 4) is 0 Å². The van der Waals surface area contributed by atoms with Gasteiger partial charge in [0, 0.05) is 17.9 Å². The van der Waals surface area contributed by atoms with Gasteiger partial charge in [0.15, 0.2) is 0 Å². The summed E-state index contributed by atoms with van der Waals surface area (Å²) in [6, 6.07) is 4.07. The van der Waals surface area contributed by atoms with Gasteiger partial charge in [0.05, 0.1) is 0 Å². The van der Waals surface area contributed by atoms with Gasteiger partial charge >= 0.3 is 0 Å². The lowest BCUT2D eigenvalue weighted by Gasteiger charge is -2.45. The average Bonchev–Trinajstić information content (AvgIpc) is 2.14. The van der Waals surface area contributed by atoms with Crippen LogP contribution in [0, 0.1) is 5.92 Å². The molecule has 0 spiro atoms. The number of aromatic nitrogens is 1. The van der Waals surface area contributed by atoms with Crippen molar-refractivity contribution < 1.29 is 0 Å². The molecule has 0 amide bonds. The predicted octanol–water partition coefficient (Wildman–Crippen LogP) is 2.06. The third-order valence-corrected chi connectivity index (χ3v) is 3.14. The molecular formula is C11H16N2. The Morgan fingerprint density at radius 2 is 2.08 bits per heavy atom. The maximum Gasteiger partial charge on any atom is 0.0416 e. The van der Waals surface area contributed by atoms with E-state index in [0.29, 0.717) is 0 Å². The molecule has 1 aromatic rings. The summed E-state index contributed by atoms with van der Waals surface area (Å²) in [7, 11) is 0. The van der Waals surface area contributed by atoms with Crippen LogP contribution in [-0.4, -0.2) is 4.98 Å². The molecule has 1 aliphatic carbocycles. The van der Waals surface area contributed by atoms with Crippen LogP contribution >= 0.6 is 0 Å². The Morgan fingerprint density at radius 3 is 2.62 bits per heavy atom. The molecule has 1 aromatic heterocycles. The van der Waals surface area contributed by atoms with Crippen molar-refractivity contribution in [2.45, 2.75) is 31.7 Å². The molecule has 70 valence electrons. The van der Waals surface area contributed by atoms with Crippen LogP contribution in [0.25, 0.3) is 0 Å². The molecule has 2 nitrogen and oxygen atoms in total. The Kier molecular flexibility index (Phi) is 2.08. The summed E-state index contributed by atoms with van der Waals surface area (Å²) in [5.41, 5.74) is 7.45. The van der Waals surface area contributed by atoms with Crippen LogP contribution in [0.4, 0.5) is 0 Å². The molecule has 0 radical (unpaired) electrons. The molecule has 2 N–H and O–H groups in total. The first-order valence-electron chi connectivity index (χ1n) is 4.94. The molecule has 2 rings (SSSR count). The summed E-state index contributed by atoms with van der Waals surface area (Å²) in [5.74, 6) is 0.832. The molecule has 2 heteroatoms. The first kappa shape index (κ1) is 8.70. The van der Waals surface area contributed by atoms with Crippen molar-refractivity contribution in [3.63, 3.8) is 0 Å². The van der Waals surface area contributed by atoms with E-state index < -0.39 is 0 Å². The van der Waals surface area contributed by atoms with Gasteiger partial charge in [-0.3, -0.25) is 4.98 Å². The van der Waals surface area contributed by atoms with Crippen LogP contribution in [0.3, 0.4) is 0 Å². The molecule has 0 saturated heterocycles. The molecule has 0 aromatic carbocycles. The highest BCUT2D eigenvalue weighted by molar-refractivity contribution is 5.24. The second kappa shape index (κ2) is 3.11. The Balaban J connectivity index is 2.11. The second-order valence-corrected chi connectivity index (χ2v) is 4.07. The fraction of sp³-hybridized carbons (Fsp3) is 0.545. The van der Waals surface area contributed by atoms with Gasteiger partial charge in [-0.2, -0.15) is 0 Å². The monoisotopic (exact) mass is 176 g/mol.